The first-order chi connectivity index (χ1) is 24.8. The van der Waals surface area contributed by atoms with Crippen molar-refractivity contribution >= 4 is 71.6 Å². The van der Waals surface area contributed by atoms with Crippen LogP contribution >= 0.6 is 0 Å². The predicted molar refractivity (Wildman–Crippen MR) is 205 cm³/mol. The van der Waals surface area contributed by atoms with Crippen LogP contribution in [0.4, 0.5) is 17.2 Å². The minimum atomic E-state index is 0.608. The summed E-state index contributed by atoms with van der Waals surface area (Å²) in [5, 5.41) is 6.44. The average molecular weight is 641 g/mol. The van der Waals surface area contributed by atoms with E-state index in [9.17, 15) is 0 Å². The molecule has 5 heteroatoms. The van der Waals surface area contributed by atoms with Crippen LogP contribution in [-0.2, 0) is 0 Å². The summed E-state index contributed by atoms with van der Waals surface area (Å²) in [5.41, 5.74) is 8.61. The summed E-state index contributed by atoms with van der Waals surface area (Å²) in [4.78, 5) is 17.2. The van der Waals surface area contributed by atoms with Gasteiger partial charge in [0.1, 0.15) is 11.3 Å². The van der Waals surface area contributed by atoms with Crippen LogP contribution in [0.2, 0.25) is 0 Å². The van der Waals surface area contributed by atoms with Crippen molar-refractivity contribution in [3.8, 4) is 22.6 Å². The molecule has 0 atom stereocenters. The zero-order valence-corrected chi connectivity index (χ0v) is 26.9. The molecule has 10 rings (SSSR count). The number of anilines is 3. The highest BCUT2D eigenvalue weighted by Gasteiger charge is 2.20. The number of nitrogens with zero attached hydrogens (tertiary/aromatic N) is 4. The zero-order chi connectivity index (χ0) is 33.0. The van der Waals surface area contributed by atoms with Crippen molar-refractivity contribution < 1.29 is 4.42 Å². The third-order valence-corrected chi connectivity index (χ3v) is 9.48. The molecule has 0 saturated heterocycles. The van der Waals surface area contributed by atoms with Crippen LogP contribution in [0, 0.1) is 0 Å². The fourth-order valence-electron chi connectivity index (χ4n) is 7.14. The molecule has 0 radical (unpaired) electrons. The van der Waals surface area contributed by atoms with Crippen molar-refractivity contribution in [2.75, 3.05) is 4.90 Å². The minimum Gasteiger partial charge on any atom is -0.435 e. The van der Waals surface area contributed by atoms with Gasteiger partial charge in [0, 0.05) is 39.3 Å². The number of aromatic nitrogens is 3. The number of rotatable bonds is 5. The van der Waals surface area contributed by atoms with E-state index in [2.05, 4.69) is 126 Å². The molecule has 0 amide bonds. The molecule has 10 aromatic rings. The van der Waals surface area contributed by atoms with Gasteiger partial charge < -0.3 is 4.42 Å². The Morgan fingerprint density at radius 2 is 1.18 bits per heavy atom. The van der Waals surface area contributed by atoms with E-state index in [1.54, 1.807) is 0 Å². The van der Waals surface area contributed by atoms with E-state index in [0.717, 1.165) is 88.3 Å². The lowest BCUT2D eigenvalue weighted by molar-refractivity contribution is 0.623. The molecule has 3 aromatic heterocycles. The van der Waals surface area contributed by atoms with Crippen molar-refractivity contribution in [3.63, 3.8) is 0 Å². The summed E-state index contributed by atoms with van der Waals surface area (Å²) in [6.07, 6.45) is 1.83. The molecule has 0 aliphatic heterocycles. The van der Waals surface area contributed by atoms with Crippen molar-refractivity contribution in [2.24, 2.45) is 0 Å². The van der Waals surface area contributed by atoms with Crippen LogP contribution in [-0.4, -0.2) is 15.0 Å². The molecule has 0 spiro atoms. The lowest BCUT2D eigenvalue weighted by Crippen LogP contribution is -2.11. The Morgan fingerprint density at radius 3 is 1.98 bits per heavy atom. The molecule has 0 saturated carbocycles. The number of hydrogen-bond acceptors (Lipinski definition) is 5. The quantitative estimate of drug-likeness (QED) is 0.175. The van der Waals surface area contributed by atoms with Gasteiger partial charge in [0.05, 0.1) is 11.0 Å². The summed E-state index contributed by atoms with van der Waals surface area (Å²) >= 11 is 0. The van der Waals surface area contributed by atoms with E-state index in [0.29, 0.717) is 5.89 Å². The molecule has 5 nitrogen and oxygen atoms in total. The first kappa shape index (κ1) is 28.2. The number of benzene rings is 7. The van der Waals surface area contributed by atoms with E-state index in [4.69, 9.17) is 19.4 Å². The van der Waals surface area contributed by atoms with Crippen molar-refractivity contribution in [1.82, 2.24) is 15.0 Å². The van der Waals surface area contributed by atoms with E-state index in [1.165, 1.54) is 0 Å². The molecule has 0 aliphatic rings. The molecule has 0 aliphatic carbocycles. The Kier molecular flexibility index (Phi) is 6.42. The number of para-hydroxylation sites is 1. The van der Waals surface area contributed by atoms with E-state index in [-0.39, 0.29) is 0 Å². The van der Waals surface area contributed by atoms with Crippen molar-refractivity contribution in [3.05, 3.63) is 170 Å². The second kappa shape index (κ2) is 11.4. The van der Waals surface area contributed by atoms with Gasteiger partial charge in [0.2, 0.25) is 5.89 Å². The van der Waals surface area contributed by atoms with Gasteiger partial charge in [-0.2, -0.15) is 0 Å². The Bertz CT molecular complexity index is 2870. The number of oxazole rings is 1. The van der Waals surface area contributed by atoms with Gasteiger partial charge in [0.25, 0.3) is 0 Å². The number of hydrogen-bond donors (Lipinski definition) is 0. The van der Waals surface area contributed by atoms with Gasteiger partial charge in [0.15, 0.2) is 5.58 Å². The van der Waals surface area contributed by atoms with Crippen LogP contribution in [0.15, 0.2) is 174 Å². The Balaban J connectivity index is 1.27. The van der Waals surface area contributed by atoms with Crippen LogP contribution in [0.3, 0.4) is 0 Å². The van der Waals surface area contributed by atoms with E-state index < -0.39 is 0 Å². The van der Waals surface area contributed by atoms with Crippen LogP contribution in [0.1, 0.15) is 0 Å². The summed E-state index contributed by atoms with van der Waals surface area (Å²) in [6.45, 7) is 0. The summed E-state index contributed by atoms with van der Waals surface area (Å²) in [6, 6.07) is 56.7. The van der Waals surface area contributed by atoms with Crippen LogP contribution in [0.5, 0.6) is 0 Å². The van der Waals surface area contributed by atoms with Crippen LogP contribution < -0.4 is 4.90 Å². The SMILES string of the molecule is c1ccc(-c2nc3ccc4cc(-c5ccccc5)c5ccc(N(c6ccccc6)c6ccc7ccc8cccnc8c7n6)cc5c4c3o2)cc1. The van der Waals surface area contributed by atoms with Crippen LogP contribution in [0.25, 0.3) is 77.0 Å². The number of pyridine rings is 2. The third-order valence-electron chi connectivity index (χ3n) is 9.48. The Hall–Kier alpha value is -6.85. The highest BCUT2D eigenvalue weighted by molar-refractivity contribution is 6.22. The highest BCUT2D eigenvalue weighted by Crippen LogP contribution is 2.43. The number of fused-ring (bicyclic) bond motifs is 8. The summed E-state index contributed by atoms with van der Waals surface area (Å²) in [5.74, 6) is 1.41. The van der Waals surface area contributed by atoms with Gasteiger partial charge in [-0.1, -0.05) is 97.1 Å². The van der Waals surface area contributed by atoms with Gasteiger partial charge in [-0.05, 0) is 94.0 Å². The lowest BCUT2D eigenvalue weighted by atomic mass is 9.92. The molecular weight excluding hydrogens is 613 g/mol. The summed E-state index contributed by atoms with van der Waals surface area (Å²) in [7, 11) is 0. The van der Waals surface area contributed by atoms with Gasteiger partial charge in [-0.15, -0.1) is 0 Å². The smallest absolute Gasteiger partial charge is 0.227 e. The van der Waals surface area contributed by atoms with Gasteiger partial charge in [-0.3, -0.25) is 9.88 Å². The Labute approximate surface area is 287 Å². The normalized spacial score (nSPS) is 11.6. The molecule has 0 unspecified atom stereocenters. The monoisotopic (exact) mass is 640 g/mol. The second-order valence-electron chi connectivity index (χ2n) is 12.5. The first-order valence-electron chi connectivity index (χ1n) is 16.7. The lowest BCUT2D eigenvalue weighted by Gasteiger charge is -2.25. The van der Waals surface area contributed by atoms with Gasteiger partial charge in [-0.25, -0.2) is 9.97 Å². The fourth-order valence-corrected chi connectivity index (χ4v) is 7.14. The maximum atomic E-state index is 6.64. The topological polar surface area (TPSA) is 55.1 Å². The first-order valence-corrected chi connectivity index (χ1v) is 16.7. The third kappa shape index (κ3) is 4.60. The minimum absolute atomic E-state index is 0.608. The maximum absolute atomic E-state index is 6.64. The highest BCUT2D eigenvalue weighted by atomic mass is 16.3. The average Bonchev–Trinajstić information content (AvgIpc) is 3.63. The maximum Gasteiger partial charge on any atom is 0.227 e. The summed E-state index contributed by atoms with van der Waals surface area (Å²) < 4.78 is 6.64. The predicted octanol–water partition coefficient (Wildman–Crippen LogP) is 12.0. The van der Waals surface area contributed by atoms with E-state index >= 15 is 0 Å². The zero-order valence-electron chi connectivity index (χ0n) is 26.9. The molecule has 7 aromatic carbocycles. The molecular formula is C45H28N4O. The Morgan fingerprint density at radius 1 is 0.480 bits per heavy atom. The standard InChI is InChI=1S/C45H28N4O/c1-4-11-29(12-5-1)37-27-33-20-24-39-44(50-45(47-39)32-13-6-2-7-14-32)41(33)38-28-35(22-23-36(37)38)49(34-16-8-3-9-17-34)40-25-21-31-19-18-30-15-10-26-46-42(30)43(31)48-40/h1-28H. The molecule has 50 heavy (non-hydrogen) atoms. The van der Waals surface area contributed by atoms with Crippen molar-refractivity contribution in [1.29, 1.82) is 0 Å². The molecule has 0 bridgehead atoms. The van der Waals surface area contributed by atoms with Crippen molar-refractivity contribution in [2.45, 2.75) is 0 Å². The molecule has 3 heterocycles. The second-order valence-corrected chi connectivity index (χ2v) is 12.5. The van der Waals surface area contributed by atoms with Gasteiger partial charge >= 0.3 is 0 Å². The largest absolute Gasteiger partial charge is 0.435 e. The molecule has 0 N–H and O–H groups in total. The molecule has 0 fully saturated rings. The molecule has 234 valence electrons. The fraction of sp³-hybridized carbons (Fsp3) is 0. The van der Waals surface area contributed by atoms with E-state index in [1.807, 2.05) is 48.7 Å².